The number of nitrogens with zero attached hydrogens (tertiary/aromatic N) is 3. The van der Waals surface area contributed by atoms with Gasteiger partial charge in [0.1, 0.15) is 11.4 Å². The van der Waals surface area contributed by atoms with Crippen LogP contribution in [0.1, 0.15) is 31.0 Å². The topological polar surface area (TPSA) is 102 Å². The van der Waals surface area contributed by atoms with E-state index in [1.807, 2.05) is 12.1 Å². The lowest BCUT2D eigenvalue weighted by molar-refractivity contribution is -0.130. The van der Waals surface area contributed by atoms with Gasteiger partial charge in [-0.3, -0.25) is 4.79 Å². The Morgan fingerprint density at radius 1 is 1.33 bits per heavy atom. The minimum Gasteiger partial charge on any atom is -0.507 e. The summed E-state index contributed by atoms with van der Waals surface area (Å²) >= 11 is 0. The summed E-state index contributed by atoms with van der Waals surface area (Å²) in [6, 6.07) is 8.76. The molecule has 0 aliphatic carbocycles. The fraction of sp³-hybridized carbons (Fsp3) is 0.261. The van der Waals surface area contributed by atoms with Gasteiger partial charge in [0.15, 0.2) is 5.65 Å². The number of nitrogens with one attached hydrogen (secondary N) is 1. The quantitative estimate of drug-likeness (QED) is 0.462. The zero-order chi connectivity index (χ0) is 21.5. The smallest absolute Gasteiger partial charge is 0.245 e. The summed E-state index contributed by atoms with van der Waals surface area (Å²) in [6.07, 6.45) is 1.31. The minimum atomic E-state index is -1.16. The molecular weight excluding hydrogens is 380 g/mol. The van der Waals surface area contributed by atoms with E-state index in [-0.39, 0.29) is 17.6 Å². The Bertz CT molecular complexity index is 1200. The number of rotatable bonds is 3. The predicted molar refractivity (Wildman–Crippen MR) is 114 cm³/mol. The van der Waals surface area contributed by atoms with E-state index in [1.54, 1.807) is 36.9 Å². The lowest BCUT2D eigenvalue weighted by Crippen LogP contribution is -2.48. The molecule has 2 aromatic heterocycles. The highest BCUT2D eigenvalue weighted by Crippen LogP contribution is 2.35. The zero-order valence-electron chi connectivity index (χ0n) is 16.8. The lowest BCUT2D eigenvalue weighted by atomic mass is 9.92. The summed E-state index contributed by atoms with van der Waals surface area (Å²) in [4.78, 5) is 16.8. The maximum Gasteiger partial charge on any atom is 0.245 e. The maximum absolute atomic E-state index is 11.8. The molecule has 0 atom stereocenters. The molecule has 3 aromatic rings. The molecule has 1 aromatic carbocycles. The van der Waals surface area contributed by atoms with E-state index in [4.69, 9.17) is 0 Å². The van der Waals surface area contributed by atoms with Crippen molar-refractivity contribution in [3.8, 4) is 28.8 Å². The summed E-state index contributed by atoms with van der Waals surface area (Å²) in [7, 11) is 0. The second-order valence-corrected chi connectivity index (χ2v) is 7.88. The Kier molecular flexibility index (Phi) is 4.80. The molecule has 3 N–H and O–H groups in total. The predicted octanol–water partition coefficient (Wildman–Crippen LogP) is 2.56. The van der Waals surface area contributed by atoms with Gasteiger partial charge in [-0.15, -0.1) is 10.2 Å². The summed E-state index contributed by atoms with van der Waals surface area (Å²) in [5, 5.41) is 29.6. The van der Waals surface area contributed by atoms with Crippen LogP contribution in [-0.4, -0.2) is 54.9 Å². The van der Waals surface area contributed by atoms with Gasteiger partial charge in [0, 0.05) is 35.7 Å². The van der Waals surface area contributed by atoms with Crippen molar-refractivity contribution in [2.75, 3.05) is 13.1 Å². The highest BCUT2D eigenvalue weighted by molar-refractivity contribution is 5.90. The van der Waals surface area contributed by atoms with E-state index in [9.17, 15) is 15.0 Å². The standard InChI is InChI=1S/C23H22N4O3/c1-4-20(29)27-12-14(13-27)21-15(9-10-23(2,3)30)17-11-18(25-26-22(17)24-21)16-7-5-6-8-19(16)28/h4-8,11,14,28,30H,1,12-13H2,2-3H3,(H,24,26). The first-order valence-corrected chi connectivity index (χ1v) is 9.61. The molecule has 1 aliphatic heterocycles. The van der Waals surface area contributed by atoms with Gasteiger partial charge in [0.05, 0.1) is 11.3 Å². The molecule has 152 valence electrons. The number of aromatic amines is 1. The van der Waals surface area contributed by atoms with Crippen molar-refractivity contribution in [1.29, 1.82) is 0 Å². The van der Waals surface area contributed by atoms with Crippen LogP contribution < -0.4 is 0 Å². The van der Waals surface area contributed by atoms with E-state index in [2.05, 4.69) is 33.6 Å². The zero-order valence-corrected chi connectivity index (χ0v) is 16.8. The molecule has 7 heteroatoms. The number of carbonyl (C=O) groups excluding carboxylic acids is 1. The van der Waals surface area contributed by atoms with Gasteiger partial charge < -0.3 is 20.1 Å². The third-order valence-electron chi connectivity index (χ3n) is 5.04. The molecule has 0 bridgehead atoms. The van der Waals surface area contributed by atoms with E-state index in [0.717, 1.165) is 16.6 Å². The normalized spacial score (nSPS) is 14.2. The van der Waals surface area contributed by atoms with Gasteiger partial charge in [-0.05, 0) is 38.1 Å². The number of fused-ring (bicyclic) bond motifs is 1. The van der Waals surface area contributed by atoms with Crippen LogP contribution in [0.3, 0.4) is 0 Å². The van der Waals surface area contributed by atoms with Crippen LogP contribution in [0.5, 0.6) is 5.75 Å². The molecule has 4 rings (SSSR count). The van der Waals surface area contributed by atoms with Gasteiger partial charge in [0.2, 0.25) is 5.91 Å². The highest BCUT2D eigenvalue weighted by Gasteiger charge is 2.34. The largest absolute Gasteiger partial charge is 0.507 e. The molecule has 1 fully saturated rings. The molecule has 7 nitrogen and oxygen atoms in total. The summed E-state index contributed by atoms with van der Waals surface area (Å²) < 4.78 is 0. The average molecular weight is 402 g/mol. The maximum atomic E-state index is 11.8. The molecule has 0 saturated carbocycles. The van der Waals surface area contributed by atoms with E-state index in [0.29, 0.717) is 30.0 Å². The Morgan fingerprint density at radius 3 is 2.73 bits per heavy atom. The van der Waals surface area contributed by atoms with Crippen molar-refractivity contribution < 1.29 is 15.0 Å². The second kappa shape index (κ2) is 7.32. The number of amides is 1. The van der Waals surface area contributed by atoms with Crippen LogP contribution in [0.4, 0.5) is 0 Å². The van der Waals surface area contributed by atoms with Crippen molar-refractivity contribution in [3.63, 3.8) is 0 Å². The lowest BCUT2D eigenvalue weighted by Gasteiger charge is -2.38. The average Bonchev–Trinajstić information content (AvgIpc) is 3.02. The molecule has 30 heavy (non-hydrogen) atoms. The van der Waals surface area contributed by atoms with Gasteiger partial charge in [-0.25, -0.2) is 0 Å². The first-order valence-electron chi connectivity index (χ1n) is 9.61. The molecule has 1 aliphatic rings. The molecule has 0 radical (unpaired) electrons. The number of aromatic nitrogens is 3. The van der Waals surface area contributed by atoms with Crippen LogP contribution in [0, 0.1) is 11.8 Å². The number of phenols is 1. The molecule has 1 amide bonds. The van der Waals surface area contributed by atoms with Gasteiger partial charge in [-0.1, -0.05) is 30.6 Å². The third kappa shape index (κ3) is 3.65. The van der Waals surface area contributed by atoms with E-state index < -0.39 is 5.60 Å². The number of carbonyl (C=O) groups is 1. The number of hydrogen-bond acceptors (Lipinski definition) is 5. The van der Waals surface area contributed by atoms with E-state index in [1.165, 1.54) is 6.08 Å². The first kappa shape index (κ1) is 19.7. The van der Waals surface area contributed by atoms with Crippen LogP contribution in [0.25, 0.3) is 22.3 Å². The molecule has 0 unspecified atom stereocenters. The van der Waals surface area contributed by atoms with Crippen molar-refractivity contribution >= 4 is 16.9 Å². The number of aliphatic hydroxyl groups is 1. The first-order chi connectivity index (χ1) is 14.3. The molecule has 0 spiro atoms. The van der Waals surface area contributed by atoms with Gasteiger partial charge >= 0.3 is 0 Å². The Balaban J connectivity index is 1.81. The number of H-pyrrole nitrogens is 1. The Morgan fingerprint density at radius 2 is 2.07 bits per heavy atom. The Labute approximate surface area is 174 Å². The number of phenolic OH excluding ortho intramolecular Hbond substituents is 1. The van der Waals surface area contributed by atoms with Crippen molar-refractivity contribution in [2.24, 2.45) is 0 Å². The van der Waals surface area contributed by atoms with Crippen molar-refractivity contribution in [3.05, 3.63) is 54.2 Å². The second-order valence-electron chi connectivity index (χ2n) is 7.88. The number of para-hydroxylation sites is 1. The highest BCUT2D eigenvalue weighted by atomic mass is 16.3. The summed E-state index contributed by atoms with van der Waals surface area (Å²) in [5.74, 6) is 6.04. The molecular formula is C23H22N4O3. The van der Waals surface area contributed by atoms with Crippen molar-refractivity contribution in [2.45, 2.75) is 25.4 Å². The SMILES string of the molecule is C=CC(=O)N1CC(c2[nH]c3nnc(-c4ccccc4O)cc3c2C#CC(C)(C)O)C1. The Hall–Kier alpha value is -3.63. The van der Waals surface area contributed by atoms with E-state index >= 15 is 0 Å². The number of likely N-dealkylation sites (tertiary alicyclic amines) is 1. The monoisotopic (exact) mass is 402 g/mol. The van der Waals surface area contributed by atoms with Crippen molar-refractivity contribution in [1.82, 2.24) is 20.1 Å². The summed E-state index contributed by atoms with van der Waals surface area (Å²) in [5.41, 5.74) is 2.08. The van der Waals surface area contributed by atoms with Crippen LogP contribution in [0.2, 0.25) is 0 Å². The van der Waals surface area contributed by atoms with Gasteiger partial charge in [-0.2, -0.15) is 0 Å². The van der Waals surface area contributed by atoms with Gasteiger partial charge in [0.25, 0.3) is 0 Å². The minimum absolute atomic E-state index is 0.0720. The fourth-order valence-corrected chi connectivity index (χ4v) is 3.46. The van der Waals surface area contributed by atoms with Crippen LogP contribution in [0.15, 0.2) is 43.0 Å². The van der Waals surface area contributed by atoms with Crippen LogP contribution >= 0.6 is 0 Å². The fourth-order valence-electron chi connectivity index (χ4n) is 3.46. The summed E-state index contributed by atoms with van der Waals surface area (Å²) in [6.45, 7) is 7.87. The number of benzene rings is 1. The number of aromatic hydroxyl groups is 1. The van der Waals surface area contributed by atoms with Crippen LogP contribution in [-0.2, 0) is 4.79 Å². The molecule has 3 heterocycles. The third-order valence-corrected chi connectivity index (χ3v) is 5.04. The number of hydrogen-bond donors (Lipinski definition) is 3. The molecule has 1 saturated heterocycles.